The van der Waals surface area contributed by atoms with E-state index in [0.29, 0.717) is 13.0 Å². The standard InChI is InChI=1S/C16H24N2O4/c1-11(2)16(3,15(20)21)17-10-13-6-4-12(5-7-13)8-9-14(19)18-22/h4-7,11,17,22H,8-10H2,1-3H3,(H,18,19)(H,20,21)/t16-/m1/s1. The van der Waals surface area contributed by atoms with E-state index >= 15 is 0 Å². The third kappa shape index (κ3) is 4.82. The minimum absolute atomic E-state index is 0.0405. The van der Waals surface area contributed by atoms with Gasteiger partial charge in [0.15, 0.2) is 0 Å². The van der Waals surface area contributed by atoms with Crippen LogP contribution in [0.4, 0.5) is 0 Å². The summed E-state index contributed by atoms with van der Waals surface area (Å²) in [4.78, 5) is 22.4. The summed E-state index contributed by atoms with van der Waals surface area (Å²) in [5, 5.41) is 20.9. The van der Waals surface area contributed by atoms with Crippen LogP contribution in [0.2, 0.25) is 0 Å². The molecule has 0 aliphatic heterocycles. The highest BCUT2D eigenvalue weighted by Gasteiger charge is 2.35. The molecule has 6 heteroatoms. The van der Waals surface area contributed by atoms with Crippen molar-refractivity contribution in [3.05, 3.63) is 35.4 Å². The van der Waals surface area contributed by atoms with Crippen LogP contribution in [0.5, 0.6) is 0 Å². The second kappa shape index (κ2) is 7.91. The van der Waals surface area contributed by atoms with E-state index in [4.69, 9.17) is 5.21 Å². The first kappa shape index (κ1) is 18.1. The molecule has 0 radical (unpaired) electrons. The minimum atomic E-state index is -0.974. The molecule has 22 heavy (non-hydrogen) atoms. The fraction of sp³-hybridized carbons (Fsp3) is 0.500. The van der Waals surface area contributed by atoms with Crippen LogP contribution in [0.25, 0.3) is 0 Å². The summed E-state index contributed by atoms with van der Waals surface area (Å²) < 4.78 is 0. The second-order valence-electron chi connectivity index (χ2n) is 5.87. The summed E-state index contributed by atoms with van der Waals surface area (Å²) in [7, 11) is 0. The Morgan fingerprint density at radius 1 is 1.18 bits per heavy atom. The first-order valence-corrected chi connectivity index (χ1v) is 7.28. The number of carbonyl (C=O) groups is 2. The minimum Gasteiger partial charge on any atom is -0.480 e. The van der Waals surface area contributed by atoms with Crippen molar-refractivity contribution in [1.29, 1.82) is 0 Å². The first-order valence-electron chi connectivity index (χ1n) is 7.28. The van der Waals surface area contributed by atoms with Gasteiger partial charge in [-0.05, 0) is 30.4 Å². The molecule has 0 fully saturated rings. The summed E-state index contributed by atoms with van der Waals surface area (Å²) in [6, 6.07) is 7.61. The topological polar surface area (TPSA) is 98.7 Å². The molecule has 0 saturated carbocycles. The molecule has 1 aromatic carbocycles. The number of hydroxylamine groups is 1. The Balaban J connectivity index is 2.61. The van der Waals surface area contributed by atoms with E-state index in [1.165, 1.54) is 0 Å². The fourth-order valence-corrected chi connectivity index (χ4v) is 1.95. The van der Waals surface area contributed by atoms with Gasteiger partial charge in [-0.3, -0.25) is 20.1 Å². The molecule has 0 aromatic heterocycles. The van der Waals surface area contributed by atoms with E-state index in [9.17, 15) is 14.7 Å². The Bertz CT molecular complexity index is 513. The summed E-state index contributed by atoms with van der Waals surface area (Å²) in [5.41, 5.74) is 2.58. The highest BCUT2D eigenvalue weighted by molar-refractivity contribution is 5.78. The van der Waals surface area contributed by atoms with Crippen LogP contribution >= 0.6 is 0 Å². The lowest BCUT2D eigenvalue weighted by atomic mass is 9.88. The maximum absolute atomic E-state index is 11.4. The molecule has 0 aliphatic rings. The molecule has 1 amide bonds. The Morgan fingerprint density at radius 2 is 1.73 bits per heavy atom. The van der Waals surface area contributed by atoms with Crippen molar-refractivity contribution < 1.29 is 19.9 Å². The summed E-state index contributed by atoms with van der Waals surface area (Å²) in [6.07, 6.45) is 0.761. The maximum atomic E-state index is 11.4. The number of carboxylic acids is 1. The second-order valence-corrected chi connectivity index (χ2v) is 5.87. The molecule has 0 bridgehead atoms. The van der Waals surface area contributed by atoms with Crippen molar-refractivity contribution in [3.8, 4) is 0 Å². The Morgan fingerprint density at radius 3 is 2.18 bits per heavy atom. The average Bonchev–Trinajstić information content (AvgIpc) is 2.50. The van der Waals surface area contributed by atoms with Crippen molar-refractivity contribution in [1.82, 2.24) is 10.8 Å². The molecule has 6 nitrogen and oxygen atoms in total. The number of hydrogen-bond donors (Lipinski definition) is 4. The Kier molecular flexibility index (Phi) is 6.52. The molecule has 0 aliphatic carbocycles. The largest absolute Gasteiger partial charge is 0.480 e. The van der Waals surface area contributed by atoms with Gasteiger partial charge in [0.2, 0.25) is 5.91 Å². The van der Waals surface area contributed by atoms with E-state index in [-0.39, 0.29) is 12.3 Å². The fourth-order valence-electron chi connectivity index (χ4n) is 1.95. The van der Waals surface area contributed by atoms with Crippen LogP contribution in [-0.4, -0.2) is 27.7 Å². The predicted octanol–water partition coefficient (Wildman–Crippen LogP) is 1.71. The molecule has 1 rings (SSSR count). The number of amides is 1. The van der Waals surface area contributed by atoms with Crippen molar-refractivity contribution in [2.75, 3.05) is 0 Å². The molecule has 0 heterocycles. The van der Waals surface area contributed by atoms with Gasteiger partial charge in [0.05, 0.1) is 0 Å². The number of carboxylic acid groups (broad SMARTS) is 1. The van der Waals surface area contributed by atoms with Crippen LogP contribution in [0.1, 0.15) is 38.3 Å². The monoisotopic (exact) mass is 308 g/mol. The lowest BCUT2D eigenvalue weighted by molar-refractivity contribution is -0.146. The maximum Gasteiger partial charge on any atom is 0.323 e. The van der Waals surface area contributed by atoms with Gasteiger partial charge in [0.25, 0.3) is 0 Å². The molecular formula is C16H24N2O4. The van der Waals surface area contributed by atoms with E-state index < -0.39 is 17.4 Å². The molecule has 122 valence electrons. The van der Waals surface area contributed by atoms with Crippen LogP contribution in [0, 0.1) is 5.92 Å². The van der Waals surface area contributed by atoms with Gasteiger partial charge in [-0.2, -0.15) is 0 Å². The molecule has 0 spiro atoms. The number of nitrogens with one attached hydrogen (secondary N) is 2. The number of benzene rings is 1. The van der Waals surface area contributed by atoms with Crippen LogP contribution in [0.3, 0.4) is 0 Å². The molecule has 0 unspecified atom stereocenters. The van der Waals surface area contributed by atoms with Crippen molar-refractivity contribution in [2.24, 2.45) is 5.92 Å². The smallest absolute Gasteiger partial charge is 0.323 e. The zero-order valence-corrected chi connectivity index (χ0v) is 13.2. The molecule has 1 aromatic rings. The van der Waals surface area contributed by atoms with Crippen LogP contribution in [-0.2, 0) is 22.6 Å². The number of carbonyl (C=O) groups excluding carboxylic acids is 1. The molecule has 1 atom stereocenters. The number of hydrogen-bond acceptors (Lipinski definition) is 4. The van der Waals surface area contributed by atoms with Gasteiger partial charge in [-0.25, -0.2) is 5.48 Å². The third-order valence-electron chi connectivity index (χ3n) is 4.05. The van der Waals surface area contributed by atoms with E-state index in [1.807, 2.05) is 38.1 Å². The van der Waals surface area contributed by atoms with Gasteiger partial charge < -0.3 is 5.11 Å². The van der Waals surface area contributed by atoms with Gasteiger partial charge >= 0.3 is 5.97 Å². The summed E-state index contributed by atoms with van der Waals surface area (Å²) >= 11 is 0. The number of aliphatic carboxylic acids is 1. The summed E-state index contributed by atoms with van der Waals surface area (Å²) in [5.74, 6) is -1.32. The van der Waals surface area contributed by atoms with Gasteiger partial charge in [-0.15, -0.1) is 0 Å². The van der Waals surface area contributed by atoms with Gasteiger partial charge in [0, 0.05) is 13.0 Å². The average molecular weight is 308 g/mol. The van der Waals surface area contributed by atoms with Crippen LogP contribution < -0.4 is 10.8 Å². The number of rotatable bonds is 8. The van der Waals surface area contributed by atoms with Crippen molar-refractivity contribution in [2.45, 2.75) is 45.7 Å². The van der Waals surface area contributed by atoms with Gasteiger partial charge in [-0.1, -0.05) is 38.1 Å². The number of aryl methyl sites for hydroxylation is 1. The zero-order valence-electron chi connectivity index (χ0n) is 13.2. The van der Waals surface area contributed by atoms with Crippen molar-refractivity contribution >= 4 is 11.9 Å². The van der Waals surface area contributed by atoms with Gasteiger partial charge in [0.1, 0.15) is 5.54 Å². The highest BCUT2D eigenvalue weighted by atomic mass is 16.5. The van der Waals surface area contributed by atoms with E-state index in [2.05, 4.69) is 5.32 Å². The zero-order chi connectivity index (χ0) is 16.8. The lowest BCUT2D eigenvalue weighted by Crippen LogP contribution is -2.53. The predicted molar refractivity (Wildman–Crippen MR) is 82.4 cm³/mol. The Hall–Kier alpha value is -1.92. The van der Waals surface area contributed by atoms with E-state index in [0.717, 1.165) is 11.1 Å². The quantitative estimate of drug-likeness (QED) is 0.433. The van der Waals surface area contributed by atoms with Crippen LogP contribution in [0.15, 0.2) is 24.3 Å². The Labute approximate surface area is 130 Å². The summed E-state index contributed by atoms with van der Waals surface area (Å²) in [6.45, 7) is 5.88. The van der Waals surface area contributed by atoms with E-state index in [1.54, 1.807) is 12.4 Å². The third-order valence-corrected chi connectivity index (χ3v) is 4.05. The van der Waals surface area contributed by atoms with Crippen molar-refractivity contribution in [3.63, 3.8) is 0 Å². The lowest BCUT2D eigenvalue weighted by Gasteiger charge is -2.30. The molecular weight excluding hydrogens is 284 g/mol. The SMILES string of the molecule is CC(C)[C@@](C)(NCc1ccc(CCC(=O)NO)cc1)C(=O)O. The highest BCUT2D eigenvalue weighted by Crippen LogP contribution is 2.18. The normalized spacial score (nSPS) is 13.7. The first-order chi connectivity index (χ1) is 10.3. The molecule has 4 N–H and O–H groups in total. The molecule has 0 saturated heterocycles.